The molecule has 1 unspecified atom stereocenters. The zero-order valence-electron chi connectivity index (χ0n) is 10.4. The van der Waals surface area contributed by atoms with Crippen LogP contribution in [0.15, 0.2) is 0 Å². The molecule has 0 aliphatic carbocycles. The van der Waals surface area contributed by atoms with Gasteiger partial charge in [0.05, 0.1) is 5.97 Å². The second-order valence-electron chi connectivity index (χ2n) is 3.95. The van der Waals surface area contributed by atoms with E-state index in [1.54, 1.807) is 0 Å². The van der Waals surface area contributed by atoms with E-state index in [2.05, 4.69) is 6.92 Å². The molecule has 0 aromatic heterocycles. The number of hydrogen-bond donors (Lipinski definition) is 1. The summed E-state index contributed by atoms with van der Waals surface area (Å²) in [6.07, 6.45) is 4.89. The first kappa shape index (κ1) is 18.5. The molecule has 88 valence electrons. The molecule has 0 spiro atoms. The Morgan fingerprint density at radius 3 is 2.12 bits per heavy atom. The SMILES string of the molecule is CCCCCCCC(=O)C(C)(O)C(=O)[O-].[Na+]. The Morgan fingerprint density at radius 1 is 1.19 bits per heavy atom. The summed E-state index contributed by atoms with van der Waals surface area (Å²) in [6, 6.07) is 0. The van der Waals surface area contributed by atoms with Crippen molar-refractivity contribution in [3.8, 4) is 0 Å². The summed E-state index contributed by atoms with van der Waals surface area (Å²) in [4.78, 5) is 21.7. The molecule has 5 heteroatoms. The van der Waals surface area contributed by atoms with E-state index in [1.807, 2.05) is 0 Å². The third-order valence-electron chi connectivity index (χ3n) is 2.45. The van der Waals surface area contributed by atoms with Crippen LogP contribution in [0.2, 0.25) is 0 Å². The van der Waals surface area contributed by atoms with E-state index in [9.17, 15) is 19.8 Å². The van der Waals surface area contributed by atoms with Crippen LogP contribution in [-0.4, -0.2) is 22.5 Å². The van der Waals surface area contributed by atoms with Crippen LogP contribution in [0.4, 0.5) is 0 Å². The maximum atomic E-state index is 11.3. The van der Waals surface area contributed by atoms with Gasteiger partial charge in [-0.2, -0.15) is 0 Å². The predicted octanol–water partition coefficient (Wildman–Crippen LogP) is -2.58. The van der Waals surface area contributed by atoms with Gasteiger partial charge in [0.25, 0.3) is 0 Å². The number of ketones is 1. The molecule has 4 nitrogen and oxygen atoms in total. The molecule has 0 fully saturated rings. The molecule has 0 aromatic carbocycles. The molecule has 0 aliphatic heterocycles. The van der Waals surface area contributed by atoms with Crippen molar-refractivity contribution in [1.82, 2.24) is 0 Å². The van der Waals surface area contributed by atoms with E-state index in [4.69, 9.17) is 0 Å². The van der Waals surface area contributed by atoms with Gasteiger partial charge >= 0.3 is 29.6 Å². The molecule has 1 N–H and O–H groups in total. The average Bonchev–Trinajstić information content (AvgIpc) is 2.16. The maximum absolute atomic E-state index is 11.3. The molecule has 0 heterocycles. The standard InChI is InChI=1S/C11H20O4.Na/c1-3-4-5-6-7-8-9(12)11(2,15)10(13)14;/h15H,3-8H2,1-2H3,(H,13,14);/q;+1/p-1. The normalized spacial score (nSPS) is 13.7. The predicted molar refractivity (Wildman–Crippen MR) is 54.0 cm³/mol. The van der Waals surface area contributed by atoms with Gasteiger partial charge in [0.1, 0.15) is 0 Å². The number of aliphatic carboxylic acids is 1. The van der Waals surface area contributed by atoms with Gasteiger partial charge in [-0.25, -0.2) is 0 Å². The Hall–Kier alpha value is 0.100. The van der Waals surface area contributed by atoms with Crippen molar-refractivity contribution < 1.29 is 49.4 Å². The van der Waals surface area contributed by atoms with Gasteiger partial charge in [0.2, 0.25) is 0 Å². The van der Waals surface area contributed by atoms with Crippen LogP contribution in [0.25, 0.3) is 0 Å². The summed E-state index contributed by atoms with van der Waals surface area (Å²) >= 11 is 0. The minimum Gasteiger partial charge on any atom is -0.547 e. The van der Waals surface area contributed by atoms with Gasteiger partial charge in [0.15, 0.2) is 11.4 Å². The van der Waals surface area contributed by atoms with E-state index in [-0.39, 0.29) is 36.0 Å². The van der Waals surface area contributed by atoms with Gasteiger partial charge in [-0.05, 0) is 13.3 Å². The van der Waals surface area contributed by atoms with Gasteiger partial charge in [-0.3, -0.25) is 4.79 Å². The molecule has 0 radical (unpaired) electrons. The largest absolute Gasteiger partial charge is 1.00 e. The number of rotatable bonds is 8. The fourth-order valence-corrected chi connectivity index (χ4v) is 1.25. The molecular weight excluding hydrogens is 219 g/mol. The topological polar surface area (TPSA) is 77.4 Å². The van der Waals surface area contributed by atoms with Crippen molar-refractivity contribution in [1.29, 1.82) is 0 Å². The van der Waals surface area contributed by atoms with Crippen molar-refractivity contribution >= 4 is 11.8 Å². The number of carboxylic acid groups (broad SMARTS) is 1. The molecule has 0 rings (SSSR count). The van der Waals surface area contributed by atoms with Crippen molar-refractivity contribution in [2.24, 2.45) is 0 Å². The fourth-order valence-electron chi connectivity index (χ4n) is 1.25. The maximum Gasteiger partial charge on any atom is 1.00 e. The molecule has 0 aromatic rings. The first-order valence-corrected chi connectivity index (χ1v) is 5.40. The van der Waals surface area contributed by atoms with Crippen molar-refractivity contribution in [2.45, 2.75) is 58.0 Å². The Labute approximate surface area is 119 Å². The second-order valence-corrected chi connectivity index (χ2v) is 3.95. The zero-order valence-corrected chi connectivity index (χ0v) is 12.4. The molecule has 0 bridgehead atoms. The van der Waals surface area contributed by atoms with Crippen LogP contribution in [0.1, 0.15) is 52.4 Å². The summed E-state index contributed by atoms with van der Waals surface area (Å²) in [5.41, 5.74) is -2.33. The van der Waals surface area contributed by atoms with Crippen LogP contribution in [0, 0.1) is 0 Å². The van der Waals surface area contributed by atoms with Gasteiger partial charge in [-0.15, -0.1) is 0 Å². The fraction of sp³-hybridized carbons (Fsp3) is 0.818. The minimum absolute atomic E-state index is 0. The third-order valence-corrected chi connectivity index (χ3v) is 2.45. The van der Waals surface area contributed by atoms with E-state index >= 15 is 0 Å². The number of Topliss-reactive ketones (excluding diaryl/α,β-unsaturated/α-hetero) is 1. The molecule has 0 saturated heterocycles. The summed E-state index contributed by atoms with van der Waals surface area (Å²) in [5, 5.41) is 19.7. The molecular formula is C11H19NaO4. The number of aliphatic hydroxyl groups is 1. The molecule has 0 aliphatic rings. The number of carbonyl (C=O) groups is 2. The van der Waals surface area contributed by atoms with E-state index in [0.717, 1.165) is 32.6 Å². The number of unbranched alkanes of at least 4 members (excludes halogenated alkanes) is 4. The van der Waals surface area contributed by atoms with Crippen LogP contribution >= 0.6 is 0 Å². The molecule has 16 heavy (non-hydrogen) atoms. The van der Waals surface area contributed by atoms with E-state index in [0.29, 0.717) is 6.42 Å². The third kappa shape index (κ3) is 6.63. The Kier molecular flexibility index (Phi) is 10.6. The van der Waals surface area contributed by atoms with Crippen LogP contribution in [0.3, 0.4) is 0 Å². The monoisotopic (exact) mass is 238 g/mol. The average molecular weight is 238 g/mol. The number of carbonyl (C=O) groups excluding carboxylic acids is 2. The van der Waals surface area contributed by atoms with Crippen molar-refractivity contribution in [2.75, 3.05) is 0 Å². The summed E-state index contributed by atoms with van der Waals surface area (Å²) in [6.45, 7) is 3.06. The first-order chi connectivity index (χ1) is 6.92. The minimum atomic E-state index is -2.33. The van der Waals surface area contributed by atoms with Crippen molar-refractivity contribution in [3.05, 3.63) is 0 Å². The van der Waals surface area contributed by atoms with E-state index in [1.165, 1.54) is 0 Å². The van der Waals surface area contributed by atoms with Gasteiger partial charge < -0.3 is 15.0 Å². The smallest absolute Gasteiger partial charge is 0.547 e. The van der Waals surface area contributed by atoms with Crippen LogP contribution < -0.4 is 34.7 Å². The summed E-state index contributed by atoms with van der Waals surface area (Å²) in [5.74, 6) is -2.39. The van der Waals surface area contributed by atoms with Crippen molar-refractivity contribution in [3.63, 3.8) is 0 Å². The molecule has 0 amide bonds. The Morgan fingerprint density at radius 2 is 1.69 bits per heavy atom. The number of carboxylic acids is 1. The van der Waals surface area contributed by atoms with Crippen LogP contribution in [0.5, 0.6) is 0 Å². The first-order valence-electron chi connectivity index (χ1n) is 5.40. The van der Waals surface area contributed by atoms with Crippen LogP contribution in [-0.2, 0) is 9.59 Å². The Balaban J connectivity index is 0. The molecule has 0 saturated carbocycles. The quantitative estimate of drug-likeness (QED) is 0.286. The van der Waals surface area contributed by atoms with E-state index < -0.39 is 17.4 Å². The second kappa shape index (κ2) is 9.16. The van der Waals surface area contributed by atoms with Gasteiger partial charge in [0, 0.05) is 6.42 Å². The number of hydrogen-bond acceptors (Lipinski definition) is 4. The summed E-state index contributed by atoms with van der Waals surface area (Å²) in [7, 11) is 0. The summed E-state index contributed by atoms with van der Waals surface area (Å²) < 4.78 is 0. The molecule has 1 atom stereocenters. The Bertz CT molecular complexity index is 226. The zero-order chi connectivity index (χ0) is 11.9. The van der Waals surface area contributed by atoms with Gasteiger partial charge in [-0.1, -0.05) is 32.6 Å².